The van der Waals surface area contributed by atoms with E-state index in [1.165, 1.54) is 13.0 Å². The molecule has 0 aromatic heterocycles. The molecule has 0 aliphatic carbocycles. The first kappa shape index (κ1) is 16.9. The van der Waals surface area contributed by atoms with Crippen LogP contribution in [-0.4, -0.2) is 23.5 Å². The number of allylic oxidation sites excluding steroid dienone is 1. The molecule has 2 aromatic rings. The average molecular weight is 339 g/mol. The molecule has 0 unspecified atom stereocenters. The fraction of sp³-hybridized carbons (Fsp3) is 0.200. The van der Waals surface area contributed by atoms with E-state index in [0.29, 0.717) is 28.8 Å². The van der Waals surface area contributed by atoms with Crippen LogP contribution in [0.2, 0.25) is 0 Å². The lowest BCUT2D eigenvalue weighted by Crippen LogP contribution is -2.25. The number of carbonyl (C=O) groups excluding carboxylic acids is 1. The lowest BCUT2D eigenvalue weighted by atomic mass is 9.97. The number of hydrogen-bond donors (Lipinski definition) is 1. The predicted molar refractivity (Wildman–Crippen MR) is 94.9 cm³/mol. The van der Waals surface area contributed by atoms with Gasteiger partial charge >= 0.3 is 5.97 Å². The molecule has 1 amide bonds. The molecule has 4 nitrogen and oxygen atoms in total. The van der Waals surface area contributed by atoms with Gasteiger partial charge in [0.05, 0.1) is 0 Å². The summed E-state index contributed by atoms with van der Waals surface area (Å²) in [6, 6.07) is 10.1. The molecule has 3 rings (SSSR count). The number of anilines is 1. The molecule has 5 heteroatoms. The summed E-state index contributed by atoms with van der Waals surface area (Å²) in [4.78, 5) is 24.2. The van der Waals surface area contributed by atoms with Gasteiger partial charge < -0.3 is 10.0 Å². The fourth-order valence-electron chi connectivity index (χ4n) is 3.16. The molecule has 0 bridgehead atoms. The molecule has 0 saturated carbocycles. The second-order valence-electron chi connectivity index (χ2n) is 6.12. The molecule has 0 spiro atoms. The highest BCUT2D eigenvalue weighted by Crippen LogP contribution is 2.34. The van der Waals surface area contributed by atoms with Crippen LogP contribution in [0, 0.1) is 5.82 Å². The van der Waals surface area contributed by atoms with Crippen LogP contribution in [0.25, 0.3) is 16.7 Å². The Hall–Kier alpha value is -2.95. The Labute approximate surface area is 145 Å². The van der Waals surface area contributed by atoms with Crippen molar-refractivity contribution < 1.29 is 19.1 Å². The lowest BCUT2D eigenvalue weighted by molar-refractivity contribution is -0.131. The Kier molecular flexibility index (Phi) is 4.40. The highest BCUT2D eigenvalue weighted by atomic mass is 19.1. The number of nitrogens with zero attached hydrogens (tertiary/aromatic N) is 1. The minimum absolute atomic E-state index is 0.00545. The first-order valence-electron chi connectivity index (χ1n) is 7.99. The number of benzene rings is 2. The van der Waals surface area contributed by atoms with Gasteiger partial charge in [-0.15, -0.1) is 0 Å². The molecular weight excluding hydrogens is 321 g/mol. The highest BCUT2D eigenvalue weighted by Gasteiger charge is 2.22. The molecule has 25 heavy (non-hydrogen) atoms. The molecule has 1 heterocycles. The van der Waals surface area contributed by atoms with Crippen LogP contribution in [0.4, 0.5) is 10.1 Å². The monoisotopic (exact) mass is 339 g/mol. The molecular formula is C20H18FNO3. The first-order valence-corrected chi connectivity index (χ1v) is 7.99. The Morgan fingerprint density at radius 2 is 1.92 bits per heavy atom. The van der Waals surface area contributed by atoms with Crippen LogP contribution in [0.15, 0.2) is 42.5 Å². The zero-order chi connectivity index (χ0) is 18.1. The van der Waals surface area contributed by atoms with E-state index in [-0.39, 0.29) is 11.7 Å². The van der Waals surface area contributed by atoms with E-state index in [9.17, 15) is 14.0 Å². The SMILES string of the molecule is CC(=O)N1CCc2cc(-c3cc(/C(C)=C/C(=O)O)ccc3F)ccc21. The van der Waals surface area contributed by atoms with Crippen molar-refractivity contribution in [2.75, 3.05) is 11.4 Å². The van der Waals surface area contributed by atoms with Crippen molar-refractivity contribution in [3.63, 3.8) is 0 Å². The Morgan fingerprint density at radius 1 is 1.16 bits per heavy atom. The van der Waals surface area contributed by atoms with E-state index in [2.05, 4.69) is 0 Å². The minimum atomic E-state index is -1.04. The van der Waals surface area contributed by atoms with Crippen LogP contribution in [0.1, 0.15) is 25.0 Å². The zero-order valence-electron chi connectivity index (χ0n) is 14.0. The second-order valence-corrected chi connectivity index (χ2v) is 6.12. The summed E-state index contributed by atoms with van der Waals surface area (Å²) >= 11 is 0. The van der Waals surface area contributed by atoms with E-state index in [0.717, 1.165) is 23.7 Å². The van der Waals surface area contributed by atoms with Crippen molar-refractivity contribution in [2.24, 2.45) is 0 Å². The maximum Gasteiger partial charge on any atom is 0.328 e. The van der Waals surface area contributed by atoms with Gasteiger partial charge in [0.2, 0.25) is 5.91 Å². The predicted octanol–water partition coefficient (Wildman–Crippen LogP) is 3.89. The molecule has 1 N–H and O–H groups in total. The number of amides is 1. The molecule has 128 valence electrons. The molecule has 0 atom stereocenters. The van der Waals surface area contributed by atoms with Gasteiger partial charge in [-0.25, -0.2) is 9.18 Å². The van der Waals surface area contributed by atoms with Crippen LogP contribution in [0.3, 0.4) is 0 Å². The number of hydrogen-bond acceptors (Lipinski definition) is 2. The van der Waals surface area contributed by atoms with E-state index >= 15 is 0 Å². The summed E-state index contributed by atoms with van der Waals surface area (Å²) in [5, 5.41) is 8.88. The van der Waals surface area contributed by atoms with Crippen LogP contribution in [-0.2, 0) is 16.0 Å². The number of fused-ring (bicyclic) bond motifs is 1. The van der Waals surface area contributed by atoms with Gasteiger partial charge in [-0.2, -0.15) is 0 Å². The largest absolute Gasteiger partial charge is 0.478 e. The van der Waals surface area contributed by atoms with Crippen molar-refractivity contribution in [2.45, 2.75) is 20.3 Å². The fourth-order valence-corrected chi connectivity index (χ4v) is 3.16. The minimum Gasteiger partial charge on any atom is -0.478 e. The summed E-state index contributed by atoms with van der Waals surface area (Å²) in [5.41, 5.74) is 4.22. The summed E-state index contributed by atoms with van der Waals surface area (Å²) in [5.74, 6) is -1.41. The average Bonchev–Trinajstić information content (AvgIpc) is 2.97. The number of carboxylic acids is 1. The molecule has 0 saturated heterocycles. The standard InChI is InChI=1S/C20H18FNO3/c1-12(9-20(24)25)14-3-5-18(21)17(11-14)15-4-6-19-16(10-15)7-8-22(19)13(2)23/h3-6,9-11H,7-8H2,1-2H3,(H,24,25)/b12-9+. The summed E-state index contributed by atoms with van der Waals surface area (Å²) < 4.78 is 14.3. The third-order valence-electron chi connectivity index (χ3n) is 4.43. The van der Waals surface area contributed by atoms with E-state index in [4.69, 9.17) is 5.11 Å². The van der Waals surface area contributed by atoms with Gasteiger partial charge in [0.15, 0.2) is 0 Å². The normalized spacial score (nSPS) is 13.7. The quantitative estimate of drug-likeness (QED) is 0.863. The summed E-state index contributed by atoms with van der Waals surface area (Å²) in [7, 11) is 0. The van der Waals surface area contributed by atoms with Crippen molar-refractivity contribution in [3.8, 4) is 11.1 Å². The third-order valence-corrected chi connectivity index (χ3v) is 4.43. The van der Waals surface area contributed by atoms with E-state index in [1.807, 2.05) is 12.1 Å². The van der Waals surface area contributed by atoms with E-state index in [1.54, 1.807) is 30.0 Å². The molecule has 1 aliphatic rings. The maximum absolute atomic E-state index is 14.3. The van der Waals surface area contributed by atoms with Crippen LogP contribution in [0.5, 0.6) is 0 Å². The van der Waals surface area contributed by atoms with Crippen molar-refractivity contribution in [1.29, 1.82) is 0 Å². The molecule has 2 aromatic carbocycles. The van der Waals surface area contributed by atoms with Gasteiger partial charge in [0.1, 0.15) is 5.82 Å². The van der Waals surface area contributed by atoms with Crippen LogP contribution < -0.4 is 4.90 Å². The highest BCUT2D eigenvalue weighted by molar-refractivity contribution is 5.94. The lowest BCUT2D eigenvalue weighted by Gasteiger charge is -2.15. The zero-order valence-corrected chi connectivity index (χ0v) is 14.0. The van der Waals surface area contributed by atoms with Crippen molar-refractivity contribution >= 4 is 23.1 Å². The smallest absolute Gasteiger partial charge is 0.328 e. The number of halogens is 1. The van der Waals surface area contributed by atoms with E-state index < -0.39 is 5.97 Å². The number of aliphatic carboxylic acids is 1. The number of carboxylic acid groups (broad SMARTS) is 1. The Morgan fingerprint density at radius 3 is 2.60 bits per heavy atom. The van der Waals surface area contributed by atoms with Gasteiger partial charge in [-0.05, 0) is 59.9 Å². The second kappa shape index (κ2) is 6.51. The maximum atomic E-state index is 14.3. The molecule has 0 fully saturated rings. The number of rotatable bonds is 3. The molecule has 0 radical (unpaired) electrons. The van der Waals surface area contributed by atoms with Gasteiger partial charge in [-0.1, -0.05) is 12.1 Å². The van der Waals surface area contributed by atoms with Gasteiger partial charge in [0, 0.05) is 30.8 Å². The summed E-state index contributed by atoms with van der Waals surface area (Å²) in [6.45, 7) is 3.85. The first-order chi connectivity index (χ1) is 11.9. The van der Waals surface area contributed by atoms with Gasteiger partial charge in [-0.3, -0.25) is 4.79 Å². The third kappa shape index (κ3) is 3.31. The topological polar surface area (TPSA) is 57.6 Å². The van der Waals surface area contributed by atoms with Crippen LogP contribution >= 0.6 is 0 Å². The molecule has 1 aliphatic heterocycles. The Bertz CT molecular complexity index is 902. The Balaban J connectivity index is 2.03. The summed E-state index contributed by atoms with van der Waals surface area (Å²) in [6.07, 6.45) is 1.84. The number of carbonyl (C=O) groups is 2. The van der Waals surface area contributed by atoms with Gasteiger partial charge in [0.25, 0.3) is 0 Å². The van der Waals surface area contributed by atoms with Crippen molar-refractivity contribution in [3.05, 3.63) is 59.4 Å². The van der Waals surface area contributed by atoms with Crippen molar-refractivity contribution in [1.82, 2.24) is 0 Å².